The average Bonchev–Trinajstić information content (AvgIpc) is 3.00. The summed E-state index contributed by atoms with van der Waals surface area (Å²) in [6.07, 6.45) is 0.773. The molecule has 6 nitrogen and oxygen atoms in total. The first-order valence-electron chi connectivity index (χ1n) is 7.49. The van der Waals surface area contributed by atoms with Gasteiger partial charge in [0.2, 0.25) is 5.95 Å². The molecule has 0 aliphatic carbocycles. The highest BCUT2D eigenvalue weighted by molar-refractivity contribution is 7.13. The van der Waals surface area contributed by atoms with E-state index in [4.69, 9.17) is 10.5 Å². The van der Waals surface area contributed by atoms with Gasteiger partial charge in [0.1, 0.15) is 22.2 Å². The lowest BCUT2D eigenvalue weighted by Crippen LogP contribution is -1.99. The van der Waals surface area contributed by atoms with Crippen LogP contribution >= 0.6 is 11.3 Å². The van der Waals surface area contributed by atoms with Crippen molar-refractivity contribution in [3.8, 4) is 33.5 Å². The Bertz CT molecular complexity index is 892. The molecule has 0 aliphatic heterocycles. The molecule has 0 bridgehead atoms. The zero-order valence-corrected chi connectivity index (χ0v) is 14.5. The van der Waals surface area contributed by atoms with Crippen LogP contribution in [0.3, 0.4) is 0 Å². The van der Waals surface area contributed by atoms with Crippen LogP contribution in [0.4, 0.5) is 5.95 Å². The van der Waals surface area contributed by atoms with Crippen molar-refractivity contribution < 1.29 is 9.84 Å². The number of hydrogen-bond acceptors (Lipinski definition) is 7. The van der Waals surface area contributed by atoms with Gasteiger partial charge in [-0.2, -0.15) is 0 Å². The van der Waals surface area contributed by atoms with E-state index in [2.05, 4.69) is 15.0 Å². The molecule has 0 atom stereocenters. The molecular formula is C17H18N4O2S. The Morgan fingerprint density at radius 3 is 2.54 bits per heavy atom. The Kier molecular flexibility index (Phi) is 4.35. The zero-order valence-electron chi connectivity index (χ0n) is 13.7. The van der Waals surface area contributed by atoms with E-state index in [-0.39, 0.29) is 11.7 Å². The summed E-state index contributed by atoms with van der Waals surface area (Å²) in [6.45, 7) is 3.95. The van der Waals surface area contributed by atoms with Crippen LogP contribution in [0.2, 0.25) is 0 Å². The normalized spacial score (nSPS) is 10.8. The number of nitrogens with zero attached hydrogens (tertiary/aromatic N) is 3. The molecule has 2 heterocycles. The largest absolute Gasteiger partial charge is 0.507 e. The molecule has 1 aromatic carbocycles. The smallest absolute Gasteiger partial charge is 0.221 e. The van der Waals surface area contributed by atoms with Gasteiger partial charge in [-0.05, 0) is 31.0 Å². The number of aromatic nitrogens is 3. The summed E-state index contributed by atoms with van der Waals surface area (Å²) in [5.74, 6) is 0.878. The number of ether oxygens (including phenoxy) is 1. The predicted molar refractivity (Wildman–Crippen MR) is 95.3 cm³/mol. The van der Waals surface area contributed by atoms with Gasteiger partial charge in [0.15, 0.2) is 0 Å². The molecule has 0 saturated heterocycles. The molecule has 3 rings (SSSR count). The maximum Gasteiger partial charge on any atom is 0.221 e. The maximum absolute atomic E-state index is 10.4. The van der Waals surface area contributed by atoms with Crippen LogP contribution in [0, 0.1) is 6.92 Å². The third kappa shape index (κ3) is 3.03. The van der Waals surface area contributed by atoms with Gasteiger partial charge < -0.3 is 15.6 Å². The van der Waals surface area contributed by atoms with Gasteiger partial charge in [-0.15, -0.1) is 11.3 Å². The standard InChI is InChI=1S/C17H18N4O2S/c1-4-10-5-11(14(22)7-15(10)23-3)12-6-13(21-17(18)20-12)16-19-9(2)8-24-16/h5-8,22H,4H2,1-3H3,(H2,18,20,21). The van der Waals surface area contributed by atoms with Crippen LogP contribution in [-0.2, 0) is 6.42 Å². The number of anilines is 1. The monoisotopic (exact) mass is 342 g/mol. The fourth-order valence-corrected chi connectivity index (χ4v) is 3.23. The molecule has 0 saturated carbocycles. The van der Waals surface area contributed by atoms with E-state index in [1.54, 1.807) is 19.2 Å². The molecule has 2 aromatic heterocycles. The number of thiazole rings is 1. The Balaban J connectivity index is 2.14. The molecule has 0 fully saturated rings. The van der Waals surface area contributed by atoms with E-state index in [1.807, 2.05) is 25.3 Å². The number of methoxy groups -OCH3 is 1. The summed E-state index contributed by atoms with van der Waals surface area (Å²) in [7, 11) is 1.58. The van der Waals surface area contributed by atoms with E-state index in [0.29, 0.717) is 22.7 Å². The van der Waals surface area contributed by atoms with Crippen molar-refractivity contribution in [2.45, 2.75) is 20.3 Å². The number of nitrogen functional groups attached to an aromatic ring is 1. The first-order chi connectivity index (χ1) is 11.5. The second-order valence-corrected chi connectivity index (χ2v) is 6.18. The van der Waals surface area contributed by atoms with Crippen molar-refractivity contribution in [1.29, 1.82) is 0 Å². The van der Waals surface area contributed by atoms with Crippen molar-refractivity contribution >= 4 is 17.3 Å². The Labute approximate surface area is 144 Å². The summed E-state index contributed by atoms with van der Waals surface area (Å²) in [5.41, 5.74) is 9.56. The van der Waals surface area contributed by atoms with Crippen LogP contribution in [-0.4, -0.2) is 27.2 Å². The molecular weight excluding hydrogens is 324 g/mol. The van der Waals surface area contributed by atoms with E-state index in [0.717, 1.165) is 22.7 Å². The molecule has 0 radical (unpaired) electrons. The number of rotatable bonds is 4. The molecule has 24 heavy (non-hydrogen) atoms. The predicted octanol–water partition coefficient (Wildman–Crippen LogP) is 3.43. The molecule has 0 unspecified atom stereocenters. The number of aryl methyl sites for hydroxylation is 2. The summed E-state index contributed by atoms with van der Waals surface area (Å²) in [5, 5.41) is 13.1. The second-order valence-electron chi connectivity index (χ2n) is 5.33. The van der Waals surface area contributed by atoms with Crippen molar-refractivity contribution in [3.63, 3.8) is 0 Å². The molecule has 124 valence electrons. The van der Waals surface area contributed by atoms with Crippen molar-refractivity contribution in [3.05, 3.63) is 34.8 Å². The highest BCUT2D eigenvalue weighted by atomic mass is 32.1. The fourth-order valence-electron chi connectivity index (χ4n) is 2.47. The van der Waals surface area contributed by atoms with Crippen LogP contribution in [0.5, 0.6) is 11.5 Å². The van der Waals surface area contributed by atoms with Gasteiger partial charge in [0.25, 0.3) is 0 Å². The molecule has 0 spiro atoms. The first kappa shape index (κ1) is 16.2. The van der Waals surface area contributed by atoms with Gasteiger partial charge in [-0.3, -0.25) is 0 Å². The minimum atomic E-state index is 0.0865. The van der Waals surface area contributed by atoms with Crippen molar-refractivity contribution in [1.82, 2.24) is 15.0 Å². The quantitative estimate of drug-likeness (QED) is 0.754. The van der Waals surface area contributed by atoms with E-state index >= 15 is 0 Å². The summed E-state index contributed by atoms with van der Waals surface area (Å²) in [4.78, 5) is 13.0. The Morgan fingerprint density at radius 1 is 1.17 bits per heavy atom. The minimum absolute atomic E-state index is 0.0865. The Hall–Kier alpha value is -2.67. The highest BCUT2D eigenvalue weighted by Crippen LogP contribution is 2.36. The van der Waals surface area contributed by atoms with Crippen LogP contribution < -0.4 is 10.5 Å². The topological polar surface area (TPSA) is 94.2 Å². The lowest BCUT2D eigenvalue weighted by atomic mass is 10.0. The molecule has 0 amide bonds. The lowest BCUT2D eigenvalue weighted by Gasteiger charge is -2.12. The van der Waals surface area contributed by atoms with Gasteiger partial charge in [-0.1, -0.05) is 6.92 Å². The minimum Gasteiger partial charge on any atom is -0.507 e. The van der Waals surface area contributed by atoms with Gasteiger partial charge in [0, 0.05) is 22.7 Å². The molecule has 3 N–H and O–H groups in total. The second kappa shape index (κ2) is 6.45. The maximum atomic E-state index is 10.4. The van der Waals surface area contributed by atoms with Crippen LogP contribution in [0.25, 0.3) is 22.0 Å². The number of phenols is 1. The average molecular weight is 342 g/mol. The third-order valence-corrected chi connectivity index (χ3v) is 4.62. The van der Waals surface area contributed by atoms with Crippen LogP contribution in [0.1, 0.15) is 18.2 Å². The first-order valence-corrected chi connectivity index (χ1v) is 8.37. The summed E-state index contributed by atoms with van der Waals surface area (Å²) >= 11 is 1.49. The van der Waals surface area contributed by atoms with E-state index < -0.39 is 0 Å². The van der Waals surface area contributed by atoms with Gasteiger partial charge in [-0.25, -0.2) is 15.0 Å². The summed E-state index contributed by atoms with van der Waals surface area (Å²) < 4.78 is 5.30. The van der Waals surface area contributed by atoms with Gasteiger partial charge >= 0.3 is 0 Å². The van der Waals surface area contributed by atoms with Crippen molar-refractivity contribution in [2.24, 2.45) is 0 Å². The third-order valence-electron chi connectivity index (χ3n) is 3.64. The van der Waals surface area contributed by atoms with Gasteiger partial charge in [0.05, 0.1) is 12.8 Å². The summed E-state index contributed by atoms with van der Waals surface area (Å²) in [6, 6.07) is 5.25. The fraction of sp³-hybridized carbons (Fsp3) is 0.235. The highest BCUT2D eigenvalue weighted by Gasteiger charge is 2.15. The molecule has 0 aliphatic rings. The zero-order chi connectivity index (χ0) is 17.3. The number of nitrogens with two attached hydrogens (primary N) is 1. The Morgan fingerprint density at radius 2 is 1.92 bits per heavy atom. The number of phenolic OH excluding ortho intramolecular Hbond substituents is 1. The number of benzene rings is 1. The number of hydrogen-bond donors (Lipinski definition) is 2. The van der Waals surface area contributed by atoms with E-state index in [1.165, 1.54) is 11.3 Å². The van der Waals surface area contributed by atoms with Crippen LogP contribution in [0.15, 0.2) is 23.6 Å². The van der Waals surface area contributed by atoms with Crippen molar-refractivity contribution in [2.75, 3.05) is 12.8 Å². The number of aromatic hydroxyl groups is 1. The lowest BCUT2D eigenvalue weighted by molar-refractivity contribution is 0.403. The SMILES string of the molecule is CCc1cc(-c2cc(-c3nc(C)cs3)nc(N)n2)c(O)cc1OC. The molecule has 7 heteroatoms. The van der Waals surface area contributed by atoms with E-state index in [9.17, 15) is 5.11 Å². The molecule has 3 aromatic rings.